The van der Waals surface area contributed by atoms with Gasteiger partial charge in [-0.2, -0.15) is 5.10 Å². The lowest BCUT2D eigenvalue weighted by Crippen LogP contribution is -2.44. The highest BCUT2D eigenvalue weighted by Crippen LogP contribution is 2.26. The van der Waals surface area contributed by atoms with Crippen LogP contribution in [0.5, 0.6) is 0 Å². The van der Waals surface area contributed by atoms with Crippen LogP contribution in [0.4, 0.5) is 0 Å². The molecule has 0 spiro atoms. The van der Waals surface area contributed by atoms with Crippen molar-refractivity contribution in [1.29, 1.82) is 0 Å². The maximum absolute atomic E-state index is 13.1. The van der Waals surface area contributed by atoms with Gasteiger partial charge in [-0.05, 0) is 45.9 Å². The summed E-state index contributed by atoms with van der Waals surface area (Å²) in [6, 6.07) is 5.83. The van der Waals surface area contributed by atoms with E-state index in [0.29, 0.717) is 25.5 Å². The van der Waals surface area contributed by atoms with Crippen molar-refractivity contribution in [3.8, 4) is 0 Å². The standard InChI is InChI=1S/C18H26N4O2/c1-13-11-14(19-22(13)18(2,3)4)17(23)21-9-10-24-12-16(21)15-7-6-8-20(15)5/h6-8,11,16H,9-10,12H2,1-5H3. The monoisotopic (exact) mass is 330 g/mol. The van der Waals surface area contributed by atoms with E-state index in [0.717, 1.165) is 11.4 Å². The number of carbonyl (C=O) groups excluding carboxylic acids is 1. The van der Waals surface area contributed by atoms with Gasteiger partial charge >= 0.3 is 0 Å². The third-order valence-corrected chi connectivity index (χ3v) is 4.46. The SMILES string of the molecule is Cc1cc(C(=O)N2CCOCC2c2cccn2C)nn1C(C)(C)C. The predicted octanol–water partition coefficient (Wildman–Crippen LogP) is 2.50. The average Bonchev–Trinajstić information content (AvgIpc) is 3.12. The van der Waals surface area contributed by atoms with Gasteiger partial charge in [-0.3, -0.25) is 9.48 Å². The molecular formula is C18H26N4O2. The van der Waals surface area contributed by atoms with Crippen molar-refractivity contribution in [3.05, 3.63) is 41.5 Å². The van der Waals surface area contributed by atoms with E-state index in [1.807, 2.05) is 52.5 Å². The van der Waals surface area contributed by atoms with Crippen LogP contribution in [0.25, 0.3) is 0 Å². The molecule has 6 heteroatoms. The first kappa shape index (κ1) is 16.8. The summed E-state index contributed by atoms with van der Waals surface area (Å²) in [4.78, 5) is 15.0. The van der Waals surface area contributed by atoms with E-state index in [4.69, 9.17) is 4.74 Å². The van der Waals surface area contributed by atoms with Crippen molar-refractivity contribution in [2.24, 2.45) is 7.05 Å². The Morgan fingerprint density at radius 2 is 2.12 bits per heavy atom. The van der Waals surface area contributed by atoms with Crippen LogP contribution in [0.15, 0.2) is 24.4 Å². The summed E-state index contributed by atoms with van der Waals surface area (Å²) >= 11 is 0. The quantitative estimate of drug-likeness (QED) is 0.850. The smallest absolute Gasteiger partial charge is 0.275 e. The molecule has 0 aromatic carbocycles. The Morgan fingerprint density at radius 1 is 1.38 bits per heavy atom. The minimum Gasteiger partial charge on any atom is -0.377 e. The Kier molecular flexibility index (Phi) is 4.25. The molecule has 0 aliphatic carbocycles. The number of carbonyl (C=O) groups is 1. The maximum Gasteiger partial charge on any atom is 0.275 e. The number of nitrogens with zero attached hydrogens (tertiary/aromatic N) is 4. The molecule has 1 unspecified atom stereocenters. The normalized spacial score (nSPS) is 18.9. The van der Waals surface area contributed by atoms with Crippen LogP contribution >= 0.6 is 0 Å². The van der Waals surface area contributed by atoms with E-state index in [1.54, 1.807) is 0 Å². The van der Waals surface area contributed by atoms with Crippen molar-refractivity contribution in [3.63, 3.8) is 0 Å². The van der Waals surface area contributed by atoms with Gasteiger partial charge in [-0.1, -0.05) is 0 Å². The van der Waals surface area contributed by atoms with Crippen molar-refractivity contribution >= 4 is 5.91 Å². The number of hydrogen-bond acceptors (Lipinski definition) is 3. The molecule has 6 nitrogen and oxygen atoms in total. The van der Waals surface area contributed by atoms with Crippen molar-refractivity contribution in [1.82, 2.24) is 19.2 Å². The van der Waals surface area contributed by atoms with E-state index < -0.39 is 0 Å². The molecule has 1 amide bonds. The lowest BCUT2D eigenvalue weighted by molar-refractivity contribution is -0.00501. The fourth-order valence-corrected chi connectivity index (χ4v) is 3.32. The maximum atomic E-state index is 13.1. The van der Waals surface area contributed by atoms with Gasteiger partial charge in [0.05, 0.1) is 24.8 Å². The summed E-state index contributed by atoms with van der Waals surface area (Å²) in [5, 5.41) is 4.57. The second kappa shape index (κ2) is 6.09. The molecule has 24 heavy (non-hydrogen) atoms. The highest BCUT2D eigenvalue weighted by Gasteiger charge is 2.32. The summed E-state index contributed by atoms with van der Waals surface area (Å²) in [5.41, 5.74) is 2.43. The number of aryl methyl sites for hydroxylation is 2. The fourth-order valence-electron chi connectivity index (χ4n) is 3.32. The van der Waals surface area contributed by atoms with E-state index in [2.05, 4.69) is 25.9 Å². The zero-order valence-electron chi connectivity index (χ0n) is 15.1. The Hall–Kier alpha value is -2.08. The van der Waals surface area contributed by atoms with Crippen molar-refractivity contribution in [2.75, 3.05) is 19.8 Å². The molecule has 3 rings (SSSR count). The molecule has 2 aromatic heterocycles. The van der Waals surface area contributed by atoms with Gasteiger partial charge < -0.3 is 14.2 Å². The third-order valence-electron chi connectivity index (χ3n) is 4.46. The van der Waals surface area contributed by atoms with E-state index >= 15 is 0 Å². The van der Waals surface area contributed by atoms with Crippen LogP contribution < -0.4 is 0 Å². The molecule has 1 atom stereocenters. The summed E-state index contributed by atoms with van der Waals surface area (Å²) < 4.78 is 9.58. The van der Waals surface area contributed by atoms with Gasteiger partial charge in [0.1, 0.15) is 0 Å². The predicted molar refractivity (Wildman–Crippen MR) is 92.0 cm³/mol. The van der Waals surface area contributed by atoms with E-state index in [9.17, 15) is 4.79 Å². The number of amides is 1. The Labute approximate surface area is 143 Å². The molecule has 3 heterocycles. The Morgan fingerprint density at radius 3 is 2.71 bits per heavy atom. The number of aromatic nitrogens is 3. The molecule has 0 saturated carbocycles. The van der Waals surface area contributed by atoms with Crippen LogP contribution in [0, 0.1) is 6.92 Å². The zero-order valence-corrected chi connectivity index (χ0v) is 15.1. The minimum absolute atomic E-state index is 0.0319. The first-order chi connectivity index (χ1) is 11.3. The topological polar surface area (TPSA) is 52.3 Å². The number of hydrogen-bond donors (Lipinski definition) is 0. The van der Waals surface area contributed by atoms with Gasteiger partial charge in [0.25, 0.3) is 5.91 Å². The van der Waals surface area contributed by atoms with Crippen LogP contribution in [0.2, 0.25) is 0 Å². The van der Waals surface area contributed by atoms with Gasteiger partial charge in [0, 0.05) is 31.2 Å². The second-order valence-corrected chi connectivity index (χ2v) is 7.39. The van der Waals surface area contributed by atoms with Crippen molar-refractivity contribution < 1.29 is 9.53 Å². The second-order valence-electron chi connectivity index (χ2n) is 7.39. The summed E-state index contributed by atoms with van der Waals surface area (Å²) in [7, 11) is 1.99. The first-order valence-electron chi connectivity index (χ1n) is 8.36. The molecule has 1 saturated heterocycles. The van der Waals surface area contributed by atoms with Gasteiger partial charge in [-0.15, -0.1) is 0 Å². The molecule has 1 aliphatic rings. The Bertz CT molecular complexity index is 739. The largest absolute Gasteiger partial charge is 0.377 e. The highest BCUT2D eigenvalue weighted by molar-refractivity contribution is 5.92. The van der Waals surface area contributed by atoms with Crippen LogP contribution in [0.3, 0.4) is 0 Å². The lowest BCUT2D eigenvalue weighted by atomic mass is 10.1. The number of rotatable bonds is 2. The molecule has 0 radical (unpaired) electrons. The van der Waals surface area contributed by atoms with Crippen molar-refractivity contribution in [2.45, 2.75) is 39.3 Å². The molecule has 1 aliphatic heterocycles. The fraction of sp³-hybridized carbons (Fsp3) is 0.556. The zero-order chi connectivity index (χ0) is 17.5. The van der Waals surface area contributed by atoms with Crippen LogP contribution in [-0.2, 0) is 17.3 Å². The molecule has 0 bridgehead atoms. The highest BCUT2D eigenvalue weighted by atomic mass is 16.5. The Balaban J connectivity index is 1.92. The summed E-state index contributed by atoms with van der Waals surface area (Å²) in [6.07, 6.45) is 1.99. The number of ether oxygens (including phenoxy) is 1. The lowest BCUT2D eigenvalue weighted by Gasteiger charge is -2.35. The van der Waals surface area contributed by atoms with Crippen LogP contribution in [-0.4, -0.2) is 44.9 Å². The van der Waals surface area contributed by atoms with Gasteiger partial charge in [-0.25, -0.2) is 0 Å². The minimum atomic E-state index is -0.148. The first-order valence-corrected chi connectivity index (χ1v) is 8.36. The summed E-state index contributed by atoms with van der Waals surface area (Å²) in [5.74, 6) is -0.0319. The van der Waals surface area contributed by atoms with E-state index in [1.165, 1.54) is 0 Å². The molecule has 0 N–H and O–H groups in total. The average molecular weight is 330 g/mol. The molecule has 2 aromatic rings. The molecule has 1 fully saturated rings. The number of morpholine rings is 1. The third kappa shape index (κ3) is 2.98. The van der Waals surface area contributed by atoms with Gasteiger partial charge in [0.2, 0.25) is 0 Å². The summed E-state index contributed by atoms with van der Waals surface area (Å²) in [6.45, 7) is 9.90. The van der Waals surface area contributed by atoms with Crippen LogP contribution in [0.1, 0.15) is 48.7 Å². The molecule has 130 valence electrons. The van der Waals surface area contributed by atoms with E-state index in [-0.39, 0.29) is 17.5 Å². The molecular weight excluding hydrogens is 304 g/mol. The van der Waals surface area contributed by atoms with Gasteiger partial charge in [0.15, 0.2) is 5.69 Å².